The number of esters is 2. The summed E-state index contributed by atoms with van der Waals surface area (Å²) in [5.41, 5.74) is 3.55. The van der Waals surface area contributed by atoms with Gasteiger partial charge in [-0.1, -0.05) is 17.7 Å². The van der Waals surface area contributed by atoms with E-state index in [0.29, 0.717) is 5.56 Å². The minimum atomic E-state index is -0.810. The summed E-state index contributed by atoms with van der Waals surface area (Å²) in [7, 11) is 1.34. The van der Waals surface area contributed by atoms with Crippen molar-refractivity contribution in [1.29, 1.82) is 0 Å². The Morgan fingerprint density at radius 3 is 2.22 bits per heavy atom. The number of hydrazone groups is 1. The first-order valence-corrected chi connectivity index (χ1v) is 10.4. The fourth-order valence-corrected chi connectivity index (χ4v) is 2.97. The first-order valence-electron chi connectivity index (χ1n) is 10.4. The first kappa shape index (κ1) is 25.6. The van der Waals surface area contributed by atoms with Crippen LogP contribution in [0.15, 0.2) is 65.8 Å². The second-order valence-electron chi connectivity index (χ2n) is 7.39. The summed E-state index contributed by atoms with van der Waals surface area (Å²) in [5.74, 6) is -1.65. The molecule has 0 unspecified atom stereocenters. The second kappa shape index (κ2) is 11.4. The Hall–Kier alpha value is -5.06. The molecule has 11 nitrogen and oxygen atoms in total. The third-order valence-electron chi connectivity index (χ3n) is 4.74. The molecule has 1 amide bonds. The minimum Gasteiger partial charge on any atom is -0.493 e. The maximum atomic E-state index is 12.7. The van der Waals surface area contributed by atoms with Crippen molar-refractivity contribution in [3.63, 3.8) is 0 Å². The Morgan fingerprint density at radius 1 is 0.917 bits per heavy atom. The molecule has 0 aliphatic carbocycles. The number of hydrogen-bond acceptors (Lipinski definition) is 9. The molecule has 0 bridgehead atoms. The molecule has 0 spiro atoms. The number of carbonyl (C=O) groups excluding carboxylic acids is 3. The fraction of sp³-hybridized carbons (Fsp3) is 0.120. The van der Waals surface area contributed by atoms with Gasteiger partial charge in [0.15, 0.2) is 11.5 Å². The van der Waals surface area contributed by atoms with Crippen molar-refractivity contribution in [1.82, 2.24) is 5.43 Å². The molecule has 0 saturated heterocycles. The Balaban J connectivity index is 1.83. The van der Waals surface area contributed by atoms with Crippen molar-refractivity contribution < 1.29 is 33.5 Å². The van der Waals surface area contributed by atoms with Gasteiger partial charge in [0.05, 0.1) is 23.8 Å². The van der Waals surface area contributed by atoms with Gasteiger partial charge in [0.1, 0.15) is 5.75 Å². The number of non-ortho nitro benzene ring substituents is 1. The summed E-state index contributed by atoms with van der Waals surface area (Å²) in [6, 6.07) is 14.4. The average molecular weight is 491 g/mol. The van der Waals surface area contributed by atoms with E-state index >= 15 is 0 Å². The molecule has 3 aromatic carbocycles. The van der Waals surface area contributed by atoms with Gasteiger partial charge in [0.2, 0.25) is 0 Å². The van der Waals surface area contributed by atoms with Crippen LogP contribution in [0.25, 0.3) is 0 Å². The van der Waals surface area contributed by atoms with Crippen LogP contribution in [0, 0.1) is 17.0 Å². The number of nitrogens with one attached hydrogen (secondary N) is 1. The van der Waals surface area contributed by atoms with Gasteiger partial charge in [-0.05, 0) is 43.3 Å². The quantitative estimate of drug-likeness (QED) is 0.164. The summed E-state index contributed by atoms with van der Waals surface area (Å²) in [5, 5.41) is 15.1. The number of benzene rings is 3. The van der Waals surface area contributed by atoms with Crippen molar-refractivity contribution >= 4 is 29.7 Å². The summed E-state index contributed by atoms with van der Waals surface area (Å²) >= 11 is 0. The smallest absolute Gasteiger partial charge is 0.343 e. The van der Waals surface area contributed by atoms with Crippen molar-refractivity contribution in [2.75, 3.05) is 7.11 Å². The van der Waals surface area contributed by atoms with Crippen LogP contribution in [-0.2, 0) is 4.79 Å². The van der Waals surface area contributed by atoms with E-state index < -0.39 is 22.8 Å². The van der Waals surface area contributed by atoms with E-state index in [2.05, 4.69) is 10.5 Å². The molecule has 3 rings (SSSR count). The molecule has 0 atom stereocenters. The number of carbonyl (C=O) groups is 3. The molecule has 0 saturated carbocycles. The van der Waals surface area contributed by atoms with Gasteiger partial charge < -0.3 is 14.2 Å². The number of rotatable bonds is 8. The zero-order chi connectivity index (χ0) is 26.2. The van der Waals surface area contributed by atoms with Crippen LogP contribution in [0.1, 0.15) is 38.8 Å². The lowest BCUT2D eigenvalue weighted by atomic mass is 10.1. The number of amides is 1. The van der Waals surface area contributed by atoms with E-state index in [0.717, 1.165) is 23.9 Å². The zero-order valence-electron chi connectivity index (χ0n) is 19.5. The van der Waals surface area contributed by atoms with Crippen LogP contribution in [0.3, 0.4) is 0 Å². The molecular weight excluding hydrogens is 470 g/mol. The Bertz CT molecular complexity index is 1350. The van der Waals surface area contributed by atoms with E-state index in [9.17, 15) is 24.5 Å². The number of ether oxygens (including phenoxy) is 3. The fourth-order valence-electron chi connectivity index (χ4n) is 2.97. The highest BCUT2D eigenvalue weighted by Crippen LogP contribution is 2.29. The van der Waals surface area contributed by atoms with Crippen LogP contribution in [0.2, 0.25) is 0 Å². The molecule has 0 radical (unpaired) electrons. The molecule has 0 fully saturated rings. The normalized spacial score (nSPS) is 10.5. The lowest BCUT2D eigenvalue weighted by molar-refractivity contribution is -0.384. The topological polar surface area (TPSA) is 146 Å². The maximum Gasteiger partial charge on any atom is 0.343 e. The highest BCUT2D eigenvalue weighted by atomic mass is 16.6. The van der Waals surface area contributed by atoms with Crippen molar-refractivity contribution in [2.24, 2.45) is 5.10 Å². The van der Waals surface area contributed by atoms with E-state index in [1.807, 2.05) is 6.92 Å². The standard InChI is InChI=1S/C25H21N3O8/c1-15-4-6-17(7-5-15)24(30)27-26-14-19-12-20(28(32)33)9-11-21(19)36-25(31)18-8-10-22(35-16(2)29)23(13-18)34-3/h4-14H,1-3H3,(H,27,30)/b26-14+. The molecule has 0 heterocycles. The predicted octanol–water partition coefficient (Wildman–Crippen LogP) is 3.82. The van der Waals surface area contributed by atoms with Crippen LogP contribution in [-0.4, -0.2) is 36.1 Å². The Kier molecular flexibility index (Phi) is 8.08. The van der Waals surface area contributed by atoms with Crippen molar-refractivity contribution in [3.05, 3.63) is 93.0 Å². The third kappa shape index (κ3) is 6.50. The van der Waals surface area contributed by atoms with Gasteiger partial charge in [0, 0.05) is 30.2 Å². The largest absolute Gasteiger partial charge is 0.493 e. The number of nitrogens with zero attached hydrogens (tertiary/aromatic N) is 2. The van der Waals surface area contributed by atoms with Crippen LogP contribution >= 0.6 is 0 Å². The summed E-state index contributed by atoms with van der Waals surface area (Å²) < 4.78 is 15.6. The SMILES string of the molecule is COc1cc(C(=O)Oc2ccc([N+](=O)[O-])cc2/C=N/NC(=O)c2ccc(C)cc2)ccc1OC(C)=O. The number of nitro groups is 1. The van der Waals surface area contributed by atoms with Crippen LogP contribution < -0.4 is 19.6 Å². The summed E-state index contributed by atoms with van der Waals surface area (Å²) in [6.07, 6.45) is 1.13. The van der Waals surface area contributed by atoms with E-state index in [-0.39, 0.29) is 34.1 Å². The molecule has 0 aromatic heterocycles. The van der Waals surface area contributed by atoms with E-state index in [4.69, 9.17) is 14.2 Å². The number of aryl methyl sites for hydroxylation is 1. The van der Waals surface area contributed by atoms with Crippen LogP contribution in [0.4, 0.5) is 5.69 Å². The van der Waals surface area contributed by atoms with Crippen molar-refractivity contribution in [2.45, 2.75) is 13.8 Å². The number of nitro benzene ring substituents is 1. The molecule has 0 aliphatic heterocycles. The Morgan fingerprint density at radius 2 is 1.58 bits per heavy atom. The van der Waals surface area contributed by atoms with Gasteiger partial charge in [-0.3, -0.25) is 19.7 Å². The van der Waals surface area contributed by atoms with Crippen LogP contribution in [0.5, 0.6) is 17.2 Å². The van der Waals surface area contributed by atoms with Gasteiger partial charge in [-0.25, -0.2) is 10.2 Å². The lowest BCUT2D eigenvalue weighted by Gasteiger charge is -2.11. The first-order chi connectivity index (χ1) is 17.2. The highest BCUT2D eigenvalue weighted by Gasteiger charge is 2.18. The highest BCUT2D eigenvalue weighted by molar-refractivity contribution is 5.96. The van der Waals surface area contributed by atoms with Crippen molar-refractivity contribution in [3.8, 4) is 17.2 Å². The molecular formula is C25H21N3O8. The van der Waals surface area contributed by atoms with Gasteiger partial charge >= 0.3 is 11.9 Å². The molecule has 11 heteroatoms. The van der Waals surface area contributed by atoms with E-state index in [1.165, 1.54) is 38.3 Å². The van der Waals surface area contributed by atoms with Gasteiger partial charge in [-0.2, -0.15) is 5.10 Å². The number of methoxy groups -OCH3 is 1. The average Bonchev–Trinajstić information content (AvgIpc) is 2.85. The molecule has 36 heavy (non-hydrogen) atoms. The second-order valence-corrected chi connectivity index (χ2v) is 7.39. The minimum absolute atomic E-state index is 0.0398. The molecule has 1 N–H and O–H groups in total. The predicted molar refractivity (Wildman–Crippen MR) is 129 cm³/mol. The summed E-state index contributed by atoms with van der Waals surface area (Å²) in [6.45, 7) is 3.11. The van der Waals surface area contributed by atoms with Gasteiger partial charge in [-0.15, -0.1) is 0 Å². The summed E-state index contributed by atoms with van der Waals surface area (Å²) in [4.78, 5) is 46.8. The lowest BCUT2D eigenvalue weighted by Crippen LogP contribution is -2.17. The zero-order valence-corrected chi connectivity index (χ0v) is 19.5. The third-order valence-corrected chi connectivity index (χ3v) is 4.74. The molecule has 184 valence electrons. The number of hydrogen-bond donors (Lipinski definition) is 1. The molecule has 0 aliphatic rings. The maximum absolute atomic E-state index is 12.7. The van der Waals surface area contributed by atoms with E-state index in [1.54, 1.807) is 24.3 Å². The monoisotopic (exact) mass is 491 g/mol. The Labute approximate surface area is 205 Å². The molecule has 3 aromatic rings. The van der Waals surface area contributed by atoms with Gasteiger partial charge in [0.25, 0.3) is 11.6 Å².